The molecule has 1 atom stereocenters. The van der Waals surface area contributed by atoms with Crippen LogP contribution in [0.25, 0.3) is 0 Å². The molecule has 7 heteroatoms. The van der Waals surface area contributed by atoms with Gasteiger partial charge in [-0.1, -0.05) is 0 Å². The second kappa shape index (κ2) is 6.46. The number of H-pyrrole nitrogens is 1. The van der Waals surface area contributed by atoms with E-state index in [0.29, 0.717) is 28.7 Å². The molecule has 2 N–H and O–H groups in total. The lowest BCUT2D eigenvalue weighted by Gasteiger charge is -2.32. The predicted octanol–water partition coefficient (Wildman–Crippen LogP) is 1.43. The van der Waals surface area contributed by atoms with Crippen molar-refractivity contribution in [3.8, 4) is 0 Å². The van der Waals surface area contributed by atoms with Gasteiger partial charge < -0.3 is 5.32 Å². The Labute approximate surface area is 127 Å². The smallest absolute Gasteiger partial charge is 0.246 e. The summed E-state index contributed by atoms with van der Waals surface area (Å²) in [5, 5.41) is 10.1. The number of aryl methyl sites for hydroxylation is 2. The number of hydrogen-bond donors (Lipinski definition) is 2. The molecular formula is C14H26N4O2S. The predicted molar refractivity (Wildman–Crippen MR) is 82.7 cm³/mol. The quantitative estimate of drug-likeness (QED) is 0.862. The number of nitrogens with one attached hydrogen (secondary N) is 2. The lowest BCUT2D eigenvalue weighted by Crippen LogP contribution is -2.44. The molecular weight excluding hydrogens is 288 g/mol. The van der Waals surface area contributed by atoms with Crippen molar-refractivity contribution in [1.29, 1.82) is 0 Å². The molecule has 0 bridgehead atoms. The third kappa shape index (κ3) is 3.46. The zero-order chi connectivity index (χ0) is 15.6. The minimum atomic E-state index is -3.51. The summed E-state index contributed by atoms with van der Waals surface area (Å²) < 4.78 is 27.6. The van der Waals surface area contributed by atoms with Gasteiger partial charge in [-0.15, -0.1) is 0 Å². The van der Waals surface area contributed by atoms with E-state index < -0.39 is 10.0 Å². The van der Waals surface area contributed by atoms with E-state index in [-0.39, 0.29) is 6.04 Å². The van der Waals surface area contributed by atoms with Crippen LogP contribution in [0.15, 0.2) is 4.90 Å². The van der Waals surface area contributed by atoms with Crippen LogP contribution in [0, 0.1) is 19.8 Å². The van der Waals surface area contributed by atoms with Gasteiger partial charge in [-0.3, -0.25) is 5.10 Å². The molecule has 0 radical (unpaired) electrons. The van der Waals surface area contributed by atoms with E-state index >= 15 is 0 Å². The number of piperidine rings is 1. The lowest BCUT2D eigenvalue weighted by molar-refractivity contribution is 0.263. The van der Waals surface area contributed by atoms with Crippen LogP contribution in [0.3, 0.4) is 0 Å². The summed E-state index contributed by atoms with van der Waals surface area (Å²) in [6.45, 7) is 9.84. The minimum Gasteiger partial charge on any atom is -0.316 e. The van der Waals surface area contributed by atoms with Gasteiger partial charge in [0.05, 0.1) is 11.4 Å². The third-order valence-electron chi connectivity index (χ3n) is 4.04. The van der Waals surface area contributed by atoms with E-state index in [2.05, 4.69) is 15.5 Å². The van der Waals surface area contributed by atoms with Crippen LogP contribution in [-0.2, 0) is 10.0 Å². The number of sulfonamides is 1. The molecule has 1 fully saturated rings. The molecule has 1 aromatic rings. The van der Waals surface area contributed by atoms with E-state index in [4.69, 9.17) is 0 Å². The fourth-order valence-electron chi connectivity index (χ4n) is 2.96. The van der Waals surface area contributed by atoms with Crippen molar-refractivity contribution in [2.75, 3.05) is 19.6 Å². The van der Waals surface area contributed by atoms with Crippen molar-refractivity contribution in [1.82, 2.24) is 19.8 Å². The van der Waals surface area contributed by atoms with Crippen molar-refractivity contribution < 1.29 is 8.42 Å². The van der Waals surface area contributed by atoms with Gasteiger partial charge in [-0.25, -0.2) is 8.42 Å². The summed E-state index contributed by atoms with van der Waals surface area (Å²) in [6, 6.07) is -0.0642. The lowest BCUT2D eigenvalue weighted by atomic mass is 9.99. The number of aromatic nitrogens is 2. The summed E-state index contributed by atoms with van der Waals surface area (Å²) in [7, 11) is -3.51. The summed E-state index contributed by atoms with van der Waals surface area (Å²) in [6.07, 6.45) is 2.19. The van der Waals surface area contributed by atoms with Gasteiger partial charge in [-0.2, -0.15) is 9.40 Å². The Morgan fingerprint density at radius 1 is 1.38 bits per heavy atom. The Hall–Kier alpha value is -0.920. The maximum Gasteiger partial charge on any atom is 0.246 e. The first-order valence-corrected chi connectivity index (χ1v) is 9.02. The van der Waals surface area contributed by atoms with Crippen LogP contribution in [0.2, 0.25) is 0 Å². The summed E-state index contributed by atoms with van der Waals surface area (Å²) in [5.74, 6) is 0.378. The maximum absolute atomic E-state index is 13.0. The van der Waals surface area contributed by atoms with Crippen LogP contribution in [0.5, 0.6) is 0 Å². The molecule has 0 aliphatic carbocycles. The fraction of sp³-hybridized carbons (Fsp3) is 0.786. The molecule has 1 unspecified atom stereocenters. The van der Waals surface area contributed by atoms with Crippen LogP contribution in [0.4, 0.5) is 0 Å². The van der Waals surface area contributed by atoms with Crippen molar-refractivity contribution >= 4 is 10.0 Å². The fourth-order valence-corrected chi connectivity index (χ4v) is 5.01. The van der Waals surface area contributed by atoms with E-state index in [1.807, 2.05) is 13.8 Å². The highest BCUT2D eigenvalue weighted by Gasteiger charge is 2.33. The van der Waals surface area contributed by atoms with Gasteiger partial charge in [0.15, 0.2) is 0 Å². The average Bonchev–Trinajstić information content (AvgIpc) is 2.76. The Morgan fingerprint density at radius 2 is 2.10 bits per heavy atom. The van der Waals surface area contributed by atoms with Crippen molar-refractivity contribution in [2.45, 2.75) is 51.5 Å². The van der Waals surface area contributed by atoms with Crippen LogP contribution < -0.4 is 5.32 Å². The standard InChI is InChI=1S/C14H26N4O2S/c1-10(2)18(9-13-6-5-7-15-8-13)21(19,20)14-11(3)16-17-12(14)4/h10,13,15H,5-9H2,1-4H3,(H,16,17). The average molecular weight is 314 g/mol. The third-order valence-corrected chi connectivity index (χ3v) is 6.35. The number of nitrogens with zero attached hydrogens (tertiary/aromatic N) is 2. The molecule has 0 amide bonds. The van der Waals surface area contributed by atoms with Gasteiger partial charge in [-0.05, 0) is 59.5 Å². The van der Waals surface area contributed by atoms with Gasteiger partial charge >= 0.3 is 0 Å². The second-order valence-electron chi connectivity index (χ2n) is 6.14. The van der Waals surface area contributed by atoms with E-state index in [1.54, 1.807) is 18.2 Å². The first-order chi connectivity index (χ1) is 9.84. The normalized spacial score (nSPS) is 20.4. The topological polar surface area (TPSA) is 78.1 Å². The van der Waals surface area contributed by atoms with Gasteiger partial charge in [0.25, 0.3) is 0 Å². The molecule has 6 nitrogen and oxygen atoms in total. The second-order valence-corrected chi connectivity index (χ2v) is 7.97. The van der Waals surface area contributed by atoms with Crippen LogP contribution >= 0.6 is 0 Å². The molecule has 0 saturated carbocycles. The zero-order valence-electron chi connectivity index (χ0n) is 13.3. The van der Waals surface area contributed by atoms with E-state index in [9.17, 15) is 8.42 Å². The monoisotopic (exact) mass is 314 g/mol. The van der Waals surface area contributed by atoms with Gasteiger partial charge in [0.2, 0.25) is 10.0 Å². The number of rotatable bonds is 5. The summed E-state index contributed by atoms with van der Waals surface area (Å²) in [5.41, 5.74) is 1.15. The molecule has 2 heterocycles. The van der Waals surface area contributed by atoms with Gasteiger partial charge in [0.1, 0.15) is 4.90 Å². The highest BCUT2D eigenvalue weighted by atomic mass is 32.2. The number of aromatic amines is 1. The van der Waals surface area contributed by atoms with E-state index in [1.165, 1.54) is 0 Å². The largest absolute Gasteiger partial charge is 0.316 e. The SMILES string of the molecule is Cc1n[nH]c(C)c1S(=O)(=O)N(CC1CCCNC1)C(C)C. The molecule has 120 valence electrons. The zero-order valence-corrected chi connectivity index (χ0v) is 14.1. The molecule has 2 rings (SSSR count). The highest BCUT2D eigenvalue weighted by molar-refractivity contribution is 7.89. The van der Waals surface area contributed by atoms with Gasteiger partial charge in [0, 0.05) is 12.6 Å². The molecule has 0 aromatic carbocycles. The first-order valence-electron chi connectivity index (χ1n) is 7.58. The molecule has 1 saturated heterocycles. The Morgan fingerprint density at radius 3 is 2.57 bits per heavy atom. The van der Waals surface area contributed by atoms with Crippen molar-refractivity contribution in [3.05, 3.63) is 11.4 Å². The summed E-state index contributed by atoms with van der Waals surface area (Å²) in [4.78, 5) is 0.333. The Balaban J connectivity index is 2.28. The molecule has 21 heavy (non-hydrogen) atoms. The molecule has 1 aromatic heterocycles. The Bertz CT molecular complexity index is 554. The first kappa shape index (κ1) is 16.5. The number of hydrogen-bond acceptors (Lipinski definition) is 4. The summed E-state index contributed by atoms with van der Waals surface area (Å²) >= 11 is 0. The molecule has 1 aliphatic rings. The maximum atomic E-state index is 13.0. The Kier molecular flexibility index (Phi) is 5.06. The van der Waals surface area contributed by atoms with Crippen LogP contribution in [0.1, 0.15) is 38.1 Å². The molecule has 1 aliphatic heterocycles. The molecule has 0 spiro atoms. The van der Waals surface area contributed by atoms with Crippen molar-refractivity contribution in [3.63, 3.8) is 0 Å². The van der Waals surface area contributed by atoms with Crippen LogP contribution in [-0.4, -0.2) is 48.6 Å². The highest BCUT2D eigenvalue weighted by Crippen LogP contribution is 2.25. The van der Waals surface area contributed by atoms with Crippen molar-refractivity contribution in [2.24, 2.45) is 5.92 Å². The minimum absolute atomic E-state index is 0.0642. The van der Waals surface area contributed by atoms with E-state index in [0.717, 1.165) is 25.9 Å².